The topological polar surface area (TPSA) is 67.9 Å². The number of carbonyl (C=O) groups is 2. The fourth-order valence-corrected chi connectivity index (χ4v) is 2.64. The fourth-order valence-electron chi connectivity index (χ4n) is 2.04. The van der Waals surface area contributed by atoms with E-state index in [1.807, 2.05) is 0 Å². The van der Waals surface area contributed by atoms with Gasteiger partial charge in [-0.2, -0.15) is 0 Å². The minimum Gasteiger partial charge on any atom is -0.497 e. The summed E-state index contributed by atoms with van der Waals surface area (Å²) in [6, 6.07) is 3.33. The van der Waals surface area contributed by atoms with Crippen molar-refractivity contribution in [1.82, 2.24) is 10.2 Å². The predicted octanol–water partition coefficient (Wildman–Crippen LogP) is 1.04. The molecule has 0 radical (unpaired) electrons. The van der Waals surface area contributed by atoms with Crippen molar-refractivity contribution in [3.63, 3.8) is 0 Å². The molecule has 1 saturated heterocycles. The number of hydrogen-bond acceptors (Lipinski definition) is 4. The van der Waals surface area contributed by atoms with Crippen LogP contribution in [0.4, 0.5) is 0 Å². The van der Waals surface area contributed by atoms with Crippen LogP contribution in [-0.4, -0.2) is 50.6 Å². The molecule has 1 fully saturated rings. The first-order valence-electron chi connectivity index (χ1n) is 6.04. The smallest absolute Gasteiger partial charge is 0.258 e. The van der Waals surface area contributed by atoms with Gasteiger partial charge in [0, 0.05) is 13.1 Å². The average molecular weight is 343 g/mol. The summed E-state index contributed by atoms with van der Waals surface area (Å²) >= 11 is 3.35. The van der Waals surface area contributed by atoms with Gasteiger partial charge in [0.25, 0.3) is 5.91 Å². The van der Waals surface area contributed by atoms with Crippen molar-refractivity contribution >= 4 is 27.7 Å². The lowest BCUT2D eigenvalue weighted by atomic mass is 10.1. The minimum atomic E-state index is -0.253. The average Bonchev–Trinajstić information content (AvgIpc) is 2.45. The number of methoxy groups -OCH3 is 2. The van der Waals surface area contributed by atoms with Crippen molar-refractivity contribution in [3.05, 3.63) is 22.2 Å². The van der Waals surface area contributed by atoms with Gasteiger partial charge in [0.05, 0.1) is 30.8 Å². The maximum atomic E-state index is 12.5. The van der Waals surface area contributed by atoms with Crippen LogP contribution in [0.15, 0.2) is 16.6 Å². The molecule has 1 aromatic carbocycles. The third-order valence-corrected chi connectivity index (χ3v) is 3.60. The summed E-state index contributed by atoms with van der Waals surface area (Å²) in [5, 5.41) is 2.68. The van der Waals surface area contributed by atoms with E-state index >= 15 is 0 Å². The second-order valence-corrected chi connectivity index (χ2v) is 5.12. The van der Waals surface area contributed by atoms with Crippen molar-refractivity contribution in [2.24, 2.45) is 0 Å². The maximum Gasteiger partial charge on any atom is 0.258 e. The number of ether oxygens (including phenoxy) is 2. The van der Waals surface area contributed by atoms with Crippen molar-refractivity contribution in [2.45, 2.75) is 0 Å². The maximum absolute atomic E-state index is 12.5. The Morgan fingerprint density at radius 3 is 2.70 bits per heavy atom. The number of rotatable bonds is 3. The number of halogens is 1. The van der Waals surface area contributed by atoms with Crippen LogP contribution in [0.25, 0.3) is 0 Å². The van der Waals surface area contributed by atoms with Crippen LogP contribution in [0, 0.1) is 0 Å². The Balaban J connectivity index is 2.37. The lowest BCUT2D eigenvalue weighted by Gasteiger charge is -2.27. The summed E-state index contributed by atoms with van der Waals surface area (Å²) in [7, 11) is 3.02. The summed E-state index contributed by atoms with van der Waals surface area (Å²) in [5.41, 5.74) is 0.369. The Labute approximate surface area is 125 Å². The second-order valence-electron chi connectivity index (χ2n) is 4.27. The van der Waals surface area contributed by atoms with Gasteiger partial charge in [0.1, 0.15) is 11.5 Å². The van der Waals surface area contributed by atoms with Crippen molar-refractivity contribution < 1.29 is 19.1 Å². The van der Waals surface area contributed by atoms with E-state index in [2.05, 4.69) is 21.2 Å². The minimum absolute atomic E-state index is 0.0524. The van der Waals surface area contributed by atoms with E-state index in [1.54, 1.807) is 12.1 Å². The Morgan fingerprint density at radius 1 is 1.35 bits per heavy atom. The summed E-state index contributed by atoms with van der Waals surface area (Å²) in [6.45, 7) is 0.984. The molecule has 1 N–H and O–H groups in total. The number of amides is 2. The zero-order valence-electron chi connectivity index (χ0n) is 11.2. The quantitative estimate of drug-likeness (QED) is 0.891. The molecule has 1 aliphatic heterocycles. The summed E-state index contributed by atoms with van der Waals surface area (Å²) in [5.74, 6) is 0.561. The van der Waals surface area contributed by atoms with Crippen LogP contribution in [0.2, 0.25) is 0 Å². The SMILES string of the molecule is COc1cc(Br)c(OC)c(C(=O)N2CCNC(=O)C2)c1. The van der Waals surface area contributed by atoms with Gasteiger partial charge in [-0.15, -0.1) is 0 Å². The normalized spacial score (nSPS) is 14.8. The lowest BCUT2D eigenvalue weighted by Crippen LogP contribution is -2.50. The van der Waals surface area contributed by atoms with E-state index in [0.29, 0.717) is 34.6 Å². The van der Waals surface area contributed by atoms with Gasteiger partial charge in [-0.25, -0.2) is 0 Å². The first-order chi connectivity index (χ1) is 9.56. The molecule has 20 heavy (non-hydrogen) atoms. The van der Waals surface area contributed by atoms with E-state index < -0.39 is 0 Å². The monoisotopic (exact) mass is 342 g/mol. The lowest BCUT2D eigenvalue weighted by molar-refractivity contribution is -0.123. The molecule has 0 atom stereocenters. The number of hydrogen-bond donors (Lipinski definition) is 1. The number of carbonyl (C=O) groups excluding carboxylic acids is 2. The highest BCUT2D eigenvalue weighted by Crippen LogP contribution is 2.34. The van der Waals surface area contributed by atoms with Crippen LogP contribution < -0.4 is 14.8 Å². The molecule has 0 bridgehead atoms. The van der Waals surface area contributed by atoms with Gasteiger partial charge in [-0.1, -0.05) is 0 Å². The van der Waals surface area contributed by atoms with Crippen LogP contribution in [0.5, 0.6) is 11.5 Å². The van der Waals surface area contributed by atoms with Crippen molar-refractivity contribution in [3.8, 4) is 11.5 Å². The van der Waals surface area contributed by atoms with Gasteiger partial charge in [-0.05, 0) is 28.1 Å². The Bertz CT molecular complexity index is 547. The standard InChI is InChI=1S/C13H15BrN2O4/c1-19-8-5-9(12(20-2)10(14)6-8)13(18)16-4-3-15-11(17)7-16/h5-6H,3-4,7H2,1-2H3,(H,15,17). The van der Waals surface area contributed by atoms with Crippen molar-refractivity contribution in [1.29, 1.82) is 0 Å². The zero-order valence-corrected chi connectivity index (χ0v) is 12.8. The number of piperazine rings is 1. The van der Waals surface area contributed by atoms with Gasteiger partial charge >= 0.3 is 0 Å². The summed E-state index contributed by atoms with van der Waals surface area (Å²) in [4.78, 5) is 25.4. The van der Waals surface area contributed by atoms with Gasteiger partial charge in [-0.3, -0.25) is 9.59 Å². The first-order valence-corrected chi connectivity index (χ1v) is 6.83. The van der Waals surface area contributed by atoms with Gasteiger partial charge in [0.2, 0.25) is 5.91 Å². The molecule has 1 aliphatic rings. The van der Waals surface area contributed by atoms with Crippen LogP contribution in [0.1, 0.15) is 10.4 Å². The van der Waals surface area contributed by atoms with Crippen LogP contribution >= 0.6 is 15.9 Å². The molecule has 0 aliphatic carbocycles. The Kier molecular flexibility index (Phi) is 4.49. The second kappa shape index (κ2) is 6.13. The zero-order chi connectivity index (χ0) is 14.7. The number of nitrogens with zero attached hydrogens (tertiary/aromatic N) is 1. The summed E-state index contributed by atoms with van der Waals surface area (Å²) < 4.78 is 11.1. The number of benzene rings is 1. The predicted molar refractivity (Wildman–Crippen MR) is 76.2 cm³/mol. The van der Waals surface area contributed by atoms with Crippen LogP contribution in [0.3, 0.4) is 0 Å². The molecule has 2 amide bonds. The Morgan fingerprint density at radius 2 is 2.10 bits per heavy atom. The van der Waals surface area contributed by atoms with E-state index in [-0.39, 0.29) is 18.4 Å². The molecular weight excluding hydrogens is 328 g/mol. The molecule has 7 heteroatoms. The molecule has 1 heterocycles. The molecule has 108 valence electrons. The molecule has 1 aromatic rings. The fraction of sp³-hybridized carbons (Fsp3) is 0.385. The van der Waals surface area contributed by atoms with E-state index in [1.165, 1.54) is 19.1 Å². The molecule has 0 aromatic heterocycles. The molecular formula is C13H15BrN2O4. The van der Waals surface area contributed by atoms with Gasteiger partial charge < -0.3 is 19.7 Å². The highest BCUT2D eigenvalue weighted by Gasteiger charge is 2.26. The molecule has 0 unspecified atom stereocenters. The van der Waals surface area contributed by atoms with E-state index in [0.717, 1.165) is 0 Å². The van der Waals surface area contributed by atoms with Gasteiger partial charge in [0.15, 0.2) is 0 Å². The Hall–Kier alpha value is -1.76. The largest absolute Gasteiger partial charge is 0.497 e. The van der Waals surface area contributed by atoms with Crippen molar-refractivity contribution in [2.75, 3.05) is 33.9 Å². The highest BCUT2D eigenvalue weighted by atomic mass is 79.9. The first kappa shape index (κ1) is 14.6. The third-order valence-electron chi connectivity index (χ3n) is 3.01. The molecule has 0 saturated carbocycles. The molecule has 2 rings (SSSR count). The van der Waals surface area contributed by atoms with E-state index in [4.69, 9.17) is 9.47 Å². The van der Waals surface area contributed by atoms with Crippen LogP contribution in [-0.2, 0) is 4.79 Å². The summed E-state index contributed by atoms with van der Waals surface area (Å²) in [6.07, 6.45) is 0. The molecule has 6 nitrogen and oxygen atoms in total. The third kappa shape index (κ3) is 2.87. The molecule has 0 spiro atoms. The van der Waals surface area contributed by atoms with E-state index in [9.17, 15) is 9.59 Å². The highest BCUT2D eigenvalue weighted by molar-refractivity contribution is 9.10. The number of nitrogens with one attached hydrogen (secondary N) is 1.